The van der Waals surface area contributed by atoms with Crippen LogP contribution in [0.1, 0.15) is 13.3 Å². The van der Waals surface area contributed by atoms with Crippen LogP contribution in [0.3, 0.4) is 0 Å². The number of rotatable bonds is 3. The Kier molecular flexibility index (Phi) is 4.59. The number of anilines is 2. The lowest BCUT2D eigenvalue weighted by Gasteiger charge is -2.26. The highest BCUT2D eigenvalue weighted by atomic mass is 19.3. The number of benzene rings is 1. The fraction of sp³-hybridized carbons (Fsp3) is 0.538. The first-order chi connectivity index (χ1) is 9.47. The molecule has 1 aromatic carbocycles. The van der Waals surface area contributed by atoms with Crippen molar-refractivity contribution in [3.05, 3.63) is 17.9 Å². The first-order valence-corrected chi connectivity index (χ1v) is 6.37. The average molecular weight is 290 g/mol. The number of hydrogen-bond acceptors (Lipinski definition) is 4. The summed E-state index contributed by atoms with van der Waals surface area (Å²) in [5.74, 6) is -1.40. The third-order valence-electron chi connectivity index (χ3n) is 3.09. The lowest BCUT2D eigenvalue weighted by molar-refractivity contribution is -0.0521. The molecule has 0 radical (unpaired) electrons. The van der Waals surface area contributed by atoms with Crippen molar-refractivity contribution in [2.75, 3.05) is 30.3 Å². The summed E-state index contributed by atoms with van der Waals surface area (Å²) in [6.07, 6.45) is 0.771. The van der Waals surface area contributed by atoms with Gasteiger partial charge in [-0.2, -0.15) is 8.78 Å². The van der Waals surface area contributed by atoms with E-state index in [1.54, 1.807) is 0 Å². The van der Waals surface area contributed by atoms with Gasteiger partial charge in [-0.1, -0.05) is 0 Å². The summed E-state index contributed by atoms with van der Waals surface area (Å²) in [6.45, 7) is 0.679. The summed E-state index contributed by atoms with van der Waals surface area (Å²) in [5, 5.41) is 0. The number of nitrogen functional groups attached to an aromatic ring is 1. The van der Waals surface area contributed by atoms with Crippen LogP contribution in [0.5, 0.6) is 5.75 Å². The van der Waals surface area contributed by atoms with E-state index in [-0.39, 0.29) is 11.8 Å². The van der Waals surface area contributed by atoms with Crippen LogP contribution in [0.4, 0.5) is 24.5 Å². The second-order valence-electron chi connectivity index (χ2n) is 4.70. The van der Waals surface area contributed by atoms with Crippen molar-refractivity contribution in [1.29, 1.82) is 0 Å². The molecule has 2 N–H and O–H groups in total. The van der Waals surface area contributed by atoms with Crippen LogP contribution in [0.25, 0.3) is 0 Å². The molecule has 0 spiro atoms. The summed E-state index contributed by atoms with van der Waals surface area (Å²) in [5.41, 5.74) is 6.46. The van der Waals surface area contributed by atoms with Gasteiger partial charge in [0.15, 0.2) is 11.6 Å². The maximum atomic E-state index is 13.5. The van der Waals surface area contributed by atoms with Crippen LogP contribution < -0.4 is 15.4 Å². The Morgan fingerprint density at radius 3 is 2.90 bits per heavy atom. The molecule has 1 aliphatic heterocycles. The van der Waals surface area contributed by atoms with Crippen LogP contribution in [-0.4, -0.2) is 32.4 Å². The van der Waals surface area contributed by atoms with Gasteiger partial charge >= 0.3 is 6.61 Å². The van der Waals surface area contributed by atoms with Crippen molar-refractivity contribution in [2.24, 2.45) is 0 Å². The predicted octanol–water partition coefficient (Wildman–Crippen LogP) is 2.62. The van der Waals surface area contributed by atoms with E-state index in [9.17, 15) is 13.2 Å². The largest absolute Gasteiger partial charge is 0.432 e. The standard InChI is InChI=1S/C13H17F3N2O2/c1-8-7-18(3-2-4-19-8)11-6-12(20-13(15)16)9(14)5-10(11)17/h5-6,8,13H,2-4,7,17H2,1H3. The highest BCUT2D eigenvalue weighted by Crippen LogP contribution is 2.32. The molecule has 20 heavy (non-hydrogen) atoms. The zero-order valence-electron chi connectivity index (χ0n) is 11.1. The summed E-state index contributed by atoms with van der Waals surface area (Å²) in [7, 11) is 0. The summed E-state index contributed by atoms with van der Waals surface area (Å²) in [6, 6.07) is 2.22. The van der Waals surface area contributed by atoms with Gasteiger partial charge in [0.1, 0.15) is 0 Å². The van der Waals surface area contributed by atoms with E-state index >= 15 is 0 Å². The molecule has 1 aromatic rings. The maximum absolute atomic E-state index is 13.5. The predicted molar refractivity (Wildman–Crippen MR) is 69.7 cm³/mol. The lowest BCUT2D eigenvalue weighted by Crippen LogP contribution is -2.30. The number of nitrogens with two attached hydrogens (primary N) is 1. The molecule has 4 nitrogen and oxygen atoms in total. The van der Waals surface area contributed by atoms with Crippen molar-refractivity contribution in [3.8, 4) is 5.75 Å². The molecule has 112 valence electrons. The molecule has 0 aliphatic carbocycles. The van der Waals surface area contributed by atoms with Gasteiger partial charge < -0.3 is 20.1 Å². The number of alkyl halides is 2. The molecule has 1 aliphatic rings. The molecule has 0 amide bonds. The van der Waals surface area contributed by atoms with E-state index in [0.29, 0.717) is 25.4 Å². The van der Waals surface area contributed by atoms with Crippen LogP contribution >= 0.6 is 0 Å². The van der Waals surface area contributed by atoms with E-state index in [1.807, 2.05) is 11.8 Å². The summed E-state index contributed by atoms with van der Waals surface area (Å²) < 4.78 is 47.7. The minimum Gasteiger partial charge on any atom is -0.432 e. The Hall–Kier alpha value is -1.63. The summed E-state index contributed by atoms with van der Waals surface area (Å²) in [4.78, 5) is 1.89. The zero-order chi connectivity index (χ0) is 14.7. The Morgan fingerprint density at radius 1 is 1.45 bits per heavy atom. The van der Waals surface area contributed by atoms with E-state index in [1.165, 1.54) is 6.07 Å². The first kappa shape index (κ1) is 14.8. The van der Waals surface area contributed by atoms with Crippen molar-refractivity contribution in [3.63, 3.8) is 0 Å². The maximum Gasteiger partial charge on any atom is 0.387 e. The Labute approximate surface area is 115 Å². The third-order valence-corrected chi connectivity index (χ3v) is 3.09. The normalized spacial score (nSPS) is 20.1. The van der Waals surface area contributed by atoms with Gasteiger partial charge in [0.05, 0.1) is 17.5 Å². The van der Waals surface area contributed by atoms with Gasteiger partial charge in [-0.15, -0.1) is 0 Å². The van der Waals surface area contributed by atoms with E-state index in [4.69, 9.17) is 10.5 Å². The number of halogens is 3. The fourth-order valence-corrected chi connectivity index (χ4v) is 2.23. The molecular formula is C13H17F3N2O2. The molecule has 1 fully saturated rings. The molecule has 1 atom stereocenters. The van der Waals surface area contributed by atoms with Gasteiger partial charge in [0.25, 0.3) is 0 Å². The molecule has 2 rings (SSSR count). The number of ether oxygens (including phenoxy) is 2. The second-order valence-corrected chi connectivity index (χ2v) is 4.70. The van der Waals surface area contributed by atoms with Gasteiger partial charge in [-0.3, -0.25) is 0 Å². The fourth-order valence-electron chi connectivity index (χ4n) is 2.23. The zero-order valence-corrected chi connectivity index (χ0v) is 11.1. The number of hydrogen-bond donors (Lipinski definition) is 1. The lowest BCUT2D eigenvalue weighted by atomic mass is 10.2. The molecule has 1 saturated heterocycles. The van der Waals surface area contributed by atoms with Crippen LogP contribution in [0.15, 0.2) is 12.1 Å². The van der Waals surface area contributed by atoms with Crippen LogP contribution in [0.2, 0.25) is 0 Å². The molecule has 1 unspecified atom stereocenters. The van der Waals surface area contributed by atoms with Gasteiger partial charge in [0, 0.05) is 31.8 Å². The SMILES string of the molecule is CC1CN(c2cc(OC(F)F)c(F)cc2N)CCCO1. The van der Waals surface area contributed by atoms with E-state index in [0.717, 1.165) is 12.5 Å². The van der Waals surface area contributed by atoms with Crippen molar-refractivity contribution < 1.29 is 22.6 Å². The Balaban J connectivity index is 2.29. The van der Waals surface area contributed by atoms with Crippen molar-refractivity contribution in [1.82, 2.24) is 0 Å². The quantitative estimate of drug-likeness (QED) is 0.869. The van der Waals surface area contributed by atoms with Gasteiger partial charge in [-0.25, -0.2) is 4.39 Å². The average Bonchev–Trinajstić information content (AvgIpc) is 2.57. The third kappa shape index (κ3) is 3.47. The second kappa shape index (κ2) is 6.21. The van der Waals surface area contributed by atoms with E-state index < -0.39 is 18.2 Å². The molecule has 0 saturated carbocycles. The smallest absolute Gasteiger partial charge is 0.387 e. The minimum atomic E-state index is -3.08. The number of nitrogens with zero attached hydrogens (tertiary/aromatic N) is 1. The molecular weight excluding hydrogens is 273 g/mol. The Morgan fingerprint density at radius 2 is 2.20 bits per heavy atom. The Bertz CT molecular complexity index is 471. The van der Waals surface area contributed by atoms with E-state index in [2.05, 4.69) is 4.74 Å². The van der Waals surface area contributed by atoms with Crippen molar-refractivity contribution >= 4 is 11.4 Å². The van der Waals surface area contributed by atoms with Gasteiger partial charge in [-0.05, 0) is 13.3 Å². The molecule has 7 heteroatoms. The topological polar surface area (TPSA) is 47.7 Å². The molecule has 1 heterocycles. The van der Waals surface area contributed by atoms with Crippen LogP contribution in [0, 0.1) is 5.82 Å². The molecule has 0 aromatic heterocycles. The van der Waals surface area contributed by atoms with Crippen molar-refractivity contribution in [2.45, 2.75) is 26.1 Å². The highest BCUT2D eigenvalue weighted by molar-refractivity contribution is 5.70. The monoisotopic (exact) mass is 290 g/mol. The molecule has 0 bridgehead atoms. The van der Waals surface area contributed by atoms with Crippen LogP contribution in [-0.2, 0) is 4.74 Å². The minimum absolute atomic E-state index is 0.0126. The van der Waals surface area contributed by atoms with Gasteiger partial charge in [0.2, 0.25) is 0 Å². The highest BCUT2D eigenvalue weighted by Gasteiger charge is 2.20. The first-order valence-electron chi connectivity index (χ1n) is 6.37. The summed E-state index contributed by atoms with van der Waals surface area (Å²) >= 11 is 0.